The highest BCUT2D eigenvalue weighted by Crippen LogP contribution is 2.41. The summed E-state index contributed by atoms with van der Waals surface area (Å²) < 4.78 is 0. The quantitative estimate of drug-likeness (QED) is 0.545. The van der Waals surface area contributed by atoms with Gasteiger partial charge in [0.1, 0.15) is 12.1 Å². The number of carbonyl (C=O) groups excluding carboxylic acids is 3. The standard InChI is InChI=1S/C26H26N4O3/c1-15-6-8-21-18(12-15)19-13-17(7-9-22(19)28-21)27-23(31)14-30-24(32)26(29-25(30)33)11-10-16-4-2-3-5-20(16)26/h2-6,8,12,17,28H,7,9-11,13-14H2,1H3,(H,27,31)(H,29,33). The Morgan fingerprint density at radius 1 is 1.18 bits per heavy atom. The maximum Gasteiger partial charge on any atom is 0.325 e. The highest BCUT2D eigenvalue weighted by Gasteiger charge is 2.55. The number of carbonyl (C=O) groups is 3. The molecule has 0 radical (unpaired) electrons. The summed E-state index contributed by atoms with van der Waals surface area (Å²) in [6.07, 6.45) is 3.68. The maximum absolute atomic E-state index is 13.3. The average Bonchev–Trinajstić information content (AvgIpc) is 3.42. The summed E-state index contributed by atoms with van der Waals surface area (Å²) >= 11 is 0. The molecule has 7 heteroatoms. The number of imide groups is 1. The second kappa shape index (κ2) is 7.20. The molecule has 3 N–H and O–H groups in total. The first-order valence-corrected chi connectivity index (χ1v) is 11.6. The predicted molar refractivity (Wildman–Crippen MR) is 124 cm³/mol. The van der Waals surface area contributed by atoms with Crippen LogP contribution in [0.15, 0.2) is 42.5 Å². The Balaban J connectivity index is 1.16. The van der Waals surface area contributed by atoms with Crippen molar-refractivity contribution in [1.82, 2.24) is 20.5 Å². The van der Waals surface area contributed by atoms with Crippen LogP contribution in [0.25, 0.3) is 10.9 Å². The van der Waals surface area contributed by atoms with E-state index in [-0.39, 0.29) is 24.4 Å². The van der Waals surface area contributed by atoms with Crippen LogP contribution in [-0.4, -0.2) is 40.3 Å². The van der Waals surface area contributed by atoms with Gasteiger partial charge < -0.3 is 15.6 Å². The van der Waals surface area contributed by atoms with E-state index in [4.69, 9.17) is 0 Å². The van der Waals surface area contributed by atoms with Crippen LogP contribution in [0.5, 0.6) is 0 Å². The predicted octanol–water partition coefficient (Wildman–Crippen LogP) is 2.84. The van der Waals surface area contributed by atoms with E-state index >= 15 is 0 Å². The van der Waals surface area contributed by atoms with E-state index < -0.39 is 11.6 Å². The second-order valence-electron chi connectivity index (χ2n) is 9.52. The third-order valence-corrected chi connectivity index (χ3v) is 7.43. The zero-order valence-electron chi connectivity index (χ0n) is 18.5. The van der Waals surface area contributed by atoms with Crippen molar-refractivity contribution in [2.75, 3.05) is 6.54 Å². The molecule has 1 spiro atoms. The molecular weight excluding hydrogens is 416 g/mol. The lowest BCUT2D eigenvalue weighted by Crippen LogP contribution is -2.46. The first-order valence-electron chi connectivity index (χ1n) is 11.6. The van der Waals surface area contributed by atoms with Gasteiger partial charge in [-0.1, -0.05) is 35.9 Å². The number of urea groups is 1. The summed E-state index contributed by atoms with van der Waals surface area (Å²) in [5.41, 5.74) is 5.70. The minimum Gasteiger partial charge on any atom is -0.358 e. The monoisotopic (exact) mass is 442 g/mol. The van der Waals surface area contributed by atoms with Crippen molar-refractivity contribution in [3.63, 3.8) is 0 Å². The second-order valence-corrected chi connectivity index (χ2v) is 9.52. The number of rotatable bonds is 3. The summed E-state index contributed by atoms with van der Waals surface area (Å²) in [5.74, 6) is -0.628. The molecule has 33 heavy (non-hydrogen) atoms. The number of nitrogens with zero attached hydrogens (tertiary/aromatic N) is 1. The Hall–Kier alpha value is -3.61. The van der Waals surface area contributed by atoms with Gasteiger partial charge in [0, 0.05) is 22.6 Å². The molecule has 2 unspecified atom stereocenters. The summed E-state index contributed by atoms with van der Waals surface area (Å²) in [7, 11) is 0. The molecule has 4 amide bonds. The number of aromatic nitrogens is 1. The lowest BCUT2D eigenvalue weighted by Gasteiger charge is -2.25. The molecule has 1 aliphatic heterocycles. The van der Waals surface area contributed by atoms with E-state index in [2.05, 4.69) is 40.7 Å². The fourth-order valence-corrected chi connectivity index (χ4v) is 5.80. The summed E-state index contributed by atoms with van der Waals surface area (Å²) in [6, 6.07) is 13.6. The van der Waals surface area contributed by atoms with Crippen molar-refractivity contribution >= 4 is 28.7 Å². The molecule has 6 rings (SSSR count). The molecule has 1 aromatic heterocycles. The van der Waals surface area contributed by atoms with Crippen molar-refractivity contribution in [3.8, 4) is 0 Å². The molecule has 3 aliphatic rings. The van der Waals surface area contributed by atoms with Gasteiger partial charge in [-0.05, 0) is 67.9 Å². The van der Waals surface area contributed by atoms with Crippen LogP contribution in [0.3, 0.4) is 0 Å². The van der Waals surface area contributed by atoms with E-state index in [1.54, 1.807) is 0 Å². The average molecular weight is 443 g/mol. The Morgan fingerprint density at radius 3 is 2.91 bits per heavy atom. The van der Waals surface area contributed by atoms with Crippen molar-refractivity contribution in [1.29, 1.82) is 0 Å². The van der Waals surface area contributed by atoms with Crippen molar-refractivity contribution < 1.29 is 14.4 Å². The molecule has 7 nitrogen and oxygen atoms in total. The largest absolute Gasteiger partial charge is 0.358 e. The fourth-order valence-electron chi connectivity index (χ4n) is 5.80. The smallest absolute Gasteiger partial charge is 0.325 e. The zero-order valence-corrected chi connectivity index (χ0v) is 18.5. The van der Waals surface area contributed by atoms with Crippen LogP contribution in [0.1, 0.15) is 40.8 Å². The molecule has 1 fully saturated rings. The Bertz CT molecular complexity index is 1330. The van der Waals surface area contributed by atoms with Crippen molar-refractivity contribution in [3.05, 3.63) is 70.4 Å². The lowest BCUT2D eigenvalue weighted by atomic mass is 9.91. The molecule has 2 aromatic carbocycles. The maximum atomic E-state index is 13.3. The molecule has 2 heterocycles. The number of H-pyrrole nitrogens is 1. The third-order valence-electron chi connectivity index (χ3n) is 7.43. The molecule has 2 aliphatic carbocycles. The minimum atomic E-state index is -1.03. The normalized spacial score (nSPS) is 23.7. The number of benzene rings is 2. The SMILES string of the molecule is Cc1ccc2[nH]c3c(c2c1)CC(NC(=O)CN1C(=O)NC2(CCc4ccccc42)C1=O)CC3. The van der Waals surface area contributed by atoms with Gasteiger partial charge in [-0.3, -0.25) is 14.5 Å². The molecule has 0 bridgehead atoms. The van der Waals surface area contributed by atoms with Crippen LogP contribution in [0.4, 0.5) is 4.79 Å². The molecule has 168 valence electrons. The molecule has 1 saturated heterocycles. The Kier molecular flexibility index (Phi) is 4.37. The number of aromatic amines is 1. The van der Waals surface area contributed by atoms with Crippen LogP contribution in [0.2, 0.25) is 0 Å². The summed E-state index contributed by atoms with van der Waals surface area (Å²) in [6.45, 7) is 1.82. The third kappa shape index (κ3) is 3.06. The van der Waals surface area contributed by atoms with Gasteiger partial charge in [0.05, 0.1) is 0 Å². The van der Waals surface area contributed by atoms with E-state index in [1.807, 2.05) is 24.3 Å². The highest BCUT2D eigenvalue weighted by atomic mass is 16.2. The van der Waals surface area contributed by atoms with E-state index in [0.717, 1.165) is 47.2 Å². The summed E-state index contributed by atoms with van der Waals surface area (Å²) in [5, 5.41) is 7.16. The van der Waals surface area contributed by atoms with Crippen molar-refractivity contribution in [2.24, 2.45) is 0 Å². The molecule has 0 saturated carbocycles. The van der Waals surface area contributed by atoms with Gasteiger partial charge in [0.25, 0.3) is 5.91 Å². The van der Waals surface area contributed by atoms with Crippen LogP contribution in [0, 0.1) is 6.92 Å². The Labute approximate surface area is 191 Å². The van der Waals surface area contributed by atoms with Gasteiger partial charge in [-0.15, -0.1) is 0 Å². The zero-order chi connectivity index (χ0) is 22.7. The van der Waals surface area contributed by atoms with Gasteiger partial charge in [-0.2, -0.15) is 0 Å². The number of fused-ring (bicyclic) bond motifs is 5. The number of aryl methyl sites for hydroxylation is 3. The number of hydrogen-bond donors (Lipinski definition) is 3. The first kappa shape index (κ1) is 20.0. The van der Waals surface area contributed by atoms with Gasteiger partial charge >= 0.3 is 6.03 Å². The Morgan fingerprint density at radius 2 is 2.03 bits per heavy atom. The van der Waals surface area contributed by atoms with Gasteiger partial charge in [-0.25, -0.2) is 4.79 Å². The number of nitrogens with one attached hydrogen (secondary N) is 3. The van der Waals surface area contributed by atoms with E-state index in [1.165, 1.54) is 22.2 Å². The van der Waals surface area contributed by atoms with E-state index in [0.29, 0.717) is 6.42 Å². The van der Waals surface area contributed by atoms with Crippen LogP contribution >= 0.6 is 0 Å². The topological polar surface area (TPSA) is 94.3 Å². The minimum absolute atomic E-state index is 0.0218. The highest BCUT2D eigenvalue weighted by molar-refractivity contribution is 6.10. The number of amides is 4. The first-order chi connectivity index (χ1) is 15.9. The van der Waals surface area contributed by atoms with Gasteiger partial charge in [0.2, 0.25) is 5.91 Å². The van der Waals surface area contributed by atoms with Gasteiger partial charge in [0.15, 0.2) is 0 Å². The summed E-state index contributed by atoms with van der Waals surface area (Å²) in [4.78, 5) is 43.5. The molecular formula is C26H26N4O3. The van der Waals surface area contributed by atoms with Crippen molar-refractivity contribution in [2.45, 2.75) is 50.6 Å². The van der Waals surface area contributed by atoms with Crippen LogP contribution in [-0.2, 0) is 34.4 Å². The molecule has 3 aromatic rings. The number of hydrogen-bond acceptors (Lipinski definition) is 3. The van der Waals surface area contributed by atoms with Crippen LogP contribution < -0.4 is 10.6 Å². The van der Waals surface area contributed by atoms with E-state index in [9.17, 15) is 14.4 Å². The fraction of sp³-hybridized carbons (Fsp3) is 0.346. The molecule has 2 atom stereocenters. The lowest BCUT2D eigenvalue weighted by molar-refractivity contribution is -0.135.